The van der Waals surface area contributed by atoms with Crippen molar-refractivity contribution >= 4 is 53.2 Å². The van der Waals surface area contributed by atoms with Gasteiger partial charge in [-0.3, -0.25) is 14.2 Å². The molecule has 3 aromatic rings. The fourth-order valence-corrected chi connectivity index (χ4v) is 4.49. The number of thioether (sulfide) groups is 1. The number of carbonyl (C=O) groups is 1. The minimum Gasteiger partial charge on any atom is -0.324 e. The number of nitrogens with one attached hydrogen (secondary N) is 1. The summed E-state index contributed by atoms with van der Waals surface area (Å²) < 4.78 is 1.51. The van der Waals surface area contributed by atoms with E-state index in [2.05, 4.69) is 22.9 Å². The van der Waals surface area contributed by atoms with Crippen molar-refractivity contribution in [3.8, 4) is 5.69 Å². The molecule has 174 valence electrons. The number of hydrogen-bond acceptors (Lipinski definition) is 5. The smallest absolute Gasteiger partial charge is 0.267 e. The van der Waals surface area contributed by atoms with Crippen LogP contribution in [-0.2, 0) is 4.79 Å². The molecule has 0 unspecified atom stereocenters. The summed E-state index contributed by atoms with van der Waals surface area (Å²) in [6, 6.07) is 14.6. The number of benzene rings is 2. The molecule has 0 aliphatic rings. The Labute approximate surface area is 209 Å². The molecule has 0 atom stereocenters. The number of allylic oxidation sites excluding steroid dienone is 2. The molecule has 0 spiro atoms. The third-order valence-electron chi connectivity index (χ3n) is 4.69. The van der Waals surface area contributed by atoms with Crippen LogP contribution in [0.3, 0.4) is 0 Å². The number of thiol groups is 1. The molecule has 0 aliphatic carbocycles. The molecule has 0 fully saturated rings. The third-order valence-corrected chi connectivity index (χ3v) is 6.27. The van der Waals surface area contributed by atoms with Crippen molar-refractivity contribution < 1.29 is 4.79 Å². The van der Waals surface area contributed by atoms with E-state index in [1.54, 1.807) is 6.07 Å². The summed E-state index contributed by atoms with van der Waals surface area (Å²) in [7, 11) is 0. The van der Waals surface area contributed by atoms with Gasteiger partial charge in [-0.05, 0) is 50.1 Å². The van der Waals surface area contributed by atoms with Gasteiger partial charge in [0, 0.05) is 0 Å². The molecule has 0 radical (unpaired) electrons. The van der Waals surface area contributed by atoms with Crippen molar-refractivity contribution in [1.29, 1.82) is 0 Å². The lowest BCUT2D eigenvalue weighted by molar-refractivity contribution is -0.113. The molecule has 1 N–H and O–H groups in total. The van der Waals surface area contributed by atoms with E-state index in [0.717, 1.165) is 11.1 Å². The van der Waals surface area contributed by atoms with E-state index >= 15 is 0 Å². The molecule has 0 saturated heterocycles. The molecular weight excluding hydrogens is 474 g/mol. The van der Waals surface area contributed by atoms with E-state index in [1.165, 1.54) is 16.3 Å². The minimum absolute atomic E-state index is 0.0547. The zero-order chi connectivity index (χ0) is 24.5. The Morgan fingerprint density at radius 1 is 1.18 bits per heavy atom. The van der Waals surface area contributed by atoms with Crippen LogP contribution in [0.1, 0.15) is 38.8 Å². The van der Waals surface area contributed by atoms with Gasteiger partial charge in [0.1, 0.15) is 5.03 Å². The Balaban J connectivity index is 0.00000187. The lowest BCUT2D eigenvalue weighted by Gasteiger charge is -2.15. The standard InChI is InChI=1S/C23H22ClN3O2S2.C2H6/c1-4-14(2)19-21(30)26-23(27(22(19)29)16-10-6-5-7-11-16)31-13-18(28)25-20-15(3)9-8-12-17(20)24;1-2/h4-12,30H,13H2,1-3H3,(H,25,28);1-2H3/b14-4+;. The number of amides is 1. The average Bonchev–Trinajstić information content (AvgIpc) is 2.81. The molecule has 33 heavy (non-hydrogen) atoms. The van der Waals surface area contributed by atoms with Crippen LogP contribution >= 0.6 is 36.0 Å². The van der Waals surface area contributed by atoms with Gasteiger partial charge in [-0.1, -0.05) is 73.6 Å². The monoisotopic (exact) mass is 501 g/mol. The Morgan fingerprint density at radius 2 is 1.85 bits per heavy atom. The Morgan fingerprint density at radius 3 is 2.45 bits per heavy atom. The summed E-state index contributed by atoms with van der Waals surface area (Å²) in [6.45, 7) is 9.58. The van der Waals surface area contributed by atoms with Crippen LogP contribution in [0.5, 0.6) is 0 Å². The maximum absolute atomic E-state index is 13.3. The lowest BCUT2D eigenvalue weighted by atomic mass is 10.1. The first-order valence-electron chi connectivity index (χ1n) is 10.6. The first-order valence-corrected chi connectivity index (χ1v) is 12.4. The van der Waals surface area contributed by atoms with Gasteiger partial charge in [0.25, 0.3) is 5.56 Å². The van der Waals surface area contributed by atoms with Crippen LogP contribution in [0.2, 0.25) is 5.02 Å². The average molecular weight is 502 g/mol. The molecular formula is C25H28ClN3O2S2. The Bertz CT molecular complexity index is 1190. The van der Waals surface area contributed by atoms with Gasteiger partial charge in [0.2, 0.25) is 5.91 Å². The molecule has 2 aromatic carbocycles. The minimum atomic E-state index is -0.246. The summed E-state index contributed by atoms with van der Waals surface area (Å²) in [5, 5.41) is 4.03. The molecule has 0 bridgehead atoms. The maximum Gasteiger partial charge on any atom is 0.267 e. The highest BCUT2D eigenvalue weighted by Crippen LogP contribution is 2.27. The highest BCUT2D eigenvalue weighted by Gasteiger charge is 2.19. The number of hydrogen-bond donors (Lipinski definition) is 2. The molecule has 3 rings (SSSR count). The second-order valence-corrected chi connectivity index (χ2v) is 8.58. The van der Waals surface area contributed by atoms with Crippen molar-refractivity contribution in [1.82, 2.24) is 9.55 Å². The molecule has 1 heterocycles. The fourth-order valence-electron chi connectivity index (χ4n) is 2.98. The van der Waals surface area contributed by atoms with Crippen LogP contribution in [0.15, 0.2) is 69.6 Å². The topological polar surface area (TPSA) is 64.0 Å². The summed E-state index contributed by atoms with van der Waals surface area (Å²) in [5.41, 5.74) is 3.12. The second kappa shape index (κ2) is 12.7. The molecule has 0 saturated carbocycles. The van der Waals surface area contributed by atoms with Gasteiger partial charge in [0.05, 0.1) is 27.7 Å². The number of halogens is 1. The second-order valence-electron chi connectivity index (χ2n) is 6.81. The Hall–Kier alpha value is -2.48. The Kier molecular flexibility index (Phi) is 10.3. The van der Waals surface area contributed by atoms with Crippen LogP contribution < -0.4 is 10.9 Å². The summed E-state index contributed by atoms with van der Waals surface area (Å²) >= 11 is 11.8. The summed E-state index contributed by atoms with van der Waals surface area (Å²) in [5.74, 6) is -0.191. The highest BCUT2D eigenvalue weighted by molar-refractivity contribution is 7.99. The third kappa shape index (κ3) is 6.53. The number of carbonyl (C=O) groups excluding carboxylic acids is 1. The number of aromatic nitrogens is 2. The van der Waals surface area contributed by atoms with Crippen molar-refractivity contribution in [3.63, 3.8) is 0 Å². The van der Waals surface area contributed by atoms with E-state index in [0.29, 0.717) is 32.1 Å². The highest BCUT2D eigenvalue weighted by atomic mass is 35.5. The van der Waals surface area contributed by atoms with Crippen LogP contribution in [-0.4, -0.2) is 21.2 Å². The van der Waals surface area contributed by atoms with E-state index in [9.17, 15) is 9.59 Å². The number of nitrogens with zero attached hydrogens (tertiary/aromatic N) is 2. The quantitative estimate of drug-likeness (QED) is 0.171. The molecule has 1 aromatic heterocycles. The number of aryl methyl sites for hydroxylation is 1. The van der Waals surface area contributed by atoms with E-state index in [1.807, 2.05) is 83.2 Å². The SMILES string of the molecule is C/C=C(\C)c1c(S)nc(SCC(=O)Nc2c(C)cccc2Cl)n(-c2ccccc2)c1=O.CC. The first kappa shape index (κ1) is 26.8. The van der Waals surface area contributed by atoms with Crippen molar-refractivity contribution in [3.05, 3.63) is 81.1 Å². The van der Waals surface area contributed by atoms with Crippen molar-refractivity contribution in [2.75, 3.05) is 11.1 Å². The van der Waals surface area contributed by atoms with Gasteiger partial charge >= 0.3 is 0 Å². The summed E-state index contributed by atoms with van der Waals surface area (Å²) in [6.07, 6.45) is 1.85. The van der Waals surface area contributed by atoms with Gasteiger partial charge < -0.3 is 5.32 Å². The summed E-state index contributed by atoms with van der Waals surface area (Å²) in [4.78, 5) is 30.5. The first-order chi connectivity index (χ1) is 15.8. The molecule has 8 heteroatoms. The number of anilines is 1. The van der Waals surface area contributed by atoms with Crippen molar-refractivity contribution in [2.24, 2.45) is 0 Å². The number of para-hydroxylation sites is 2. The zero-order valence-corrected chi connectivity index (χ0v) is 21.8. The molecule has 0 aliphatic heterocycles. The predicted octanol–water partition coefficient (Wildman–Crippen LogP) is 6.66. The zero-order valence-electron chi connectivity index (χ0n) is 19.3. The molecule has 5 nitrogen and oxygen atoms in total. The van der Waals surface area contributed by atoms with Gasteiger partial charge in [0.15, 0.2) is 5.16 Å². The fraction of sp³-hybridized carbons (Fsp3) is 0.240. The van der Waals surface area contributed by atoms with Crippen molar-refractivity contribution in [2.45, 2.75) is 44.8 Å². The van der Waals surface area contributed by atoms with Crippen LogP contribution in [0.4, 0.5) is 5.69 Å². The van der Waals surface area contributed by atoms with Crippen LogP contribution in [0, 0.1) is 6.92 Å². The van der Waals surface area contributed by atoms with E-state index in [4.69, 9.17) is 11.6 Å². The largest absolute Gasteiger partial charge is 0.324 e. The number of rotatable bonds is 6. The molecule has 1 amide bonds. The van der Waals surface area contributed by atoms with Gasteiger partial charge in [-0.2, -0.15) is 0 Å². The van der Waals surface area contributed by atoms with Gasteiger partial charge in [-0.15, -0.1) is 12.6 Å². The van der Waals surface area contributed by atoms with Crippen LogP contribution in [0.25, 0.3) is 11.3 Å². The van der Waals surface area contributed by atoms with Gasteiger partial charge in [-0.25, -0.2) is 4.98 Å². The van der Waals surface area contributed by atoms with E-state index in [-0.39, 0.29) is 17.2 Å². The van der Waals surface area contributed by atoms with E-state index < -0.39 is 0 Å². The maximum atomic E-state index is 13.3. The lowest BCUT2D eigenvalue weighted by Crippen LogP contribution is -2.26. The predicted molar refractivity (Wildman–Crippen MR) is 143 cm³/mol. The normalized spacial score (nSPS) is 10.9.